The van der Waals surface area contributed by atoms with Crippen LogP contribution in [-0.2, 0) is 12.8 Å². The molecule has 1 aliphatic rings. The van der Waals surface area contributed by atoms with Gasteiger partial charge in [0, 0.05) is 28.2 Å². The van der Waals surface area contributed by atoms with Gasteiger partial charge in [0.15, 0.2) is 0 Å². The van der Waals surface area contributed by atoms with E-state index in [9.17, 15) is 4.79 Å². The summed E-state index contributed by atoms with van der Waals surface area (Å²) < 4.78 is 11.7. The summed E-state index contributed by atoms with van der Waals surface area (Å²) in [6.07, 6.45) is 2.54. The van der Waals surface area contributed by atoms with Crippen molar-refractivity contribution in [3.63, 3.8) is 0 Å². The topological polar surface area (TPSA) is 47.6 Å². The molecule has 1 heterocycles. The Morgan fingerprint density at radius 1 is 1.06 bits per heavy atom. The van der Waals surface area contributed by atoms with Crippen molar-refractivity contribution in [1.29, 1.82) is 0 Å². The molecule has 32 heavy (non-hydrogen) atoms. The normalized spacial score (nSPS) is 12.6. The minimum Gasteiger partial charge on any atom is -0.493 e. The fourth-order valence-corrected chi connectivity index (χ4v) is 4.37. The van der Waals surface area contributed by atoms with E-state index in [1.54, 1.807) is 24.3 Å². The highest BCUT2D eigenvalue weighted by Crippen LogP contribution is 2.38. The van der Waals surface area contributed by atoms with Gasteiger partial charge in [-0.3, -0.25) is 4.79 Å². The van der Waals surface area contributed by atoms with Gasteiger partial charge in [-0.25, -0.2) is 0 Å². The van der Waals surface area contributed by atoms with Crippen LogP contribution in [0.2, 0.25) is 15.1 Å². The molecule has 0 atom stereocenters. The van der Waals surface area contributed by atoms with Crippen molar-refractivity contribution in [3.8, 4) is 17.2 Å². The molecule has 0 bridgehead atoms. The maximum atomic E-state index is 12.6. The number of hydrogen-bond acceptors (Lipinski definition) is 3. The Bertz CT molecular complexity index is 1160. The molecule has 0 unspecified atom stereocenters. The Hall–Kier alpha value is -2.40. The predicted molar refractivity (Wildman–Crippen MR) is 129 cm³/mol. The first-order chi connectivity index (χ1) is 15.4. The zero-order valence-electron chi connectivity index (χ0n) is 17.5. The number of amides is 1. The number of ether oxygens (including phenoxy) is 2. The van der Waals surface area contributed by atoms with Crippen LogP contribution in [0.1, 0.15) is 33.5 Å². The van der Waals surface area contributed by atoms with Gasteiger partial charge in [-0.05, 0) is 79.3 Å². The van der Waals surface area contributed by atoms with E-state index in [0.717, 1.165) is 35.3 Å². The Morgan fingerprint density at radius 2 is 1.91 bits per heavy atom. The summed E-state index contributed by atoms with van der Waals surface area (Å²) >= 11 is 18.5. The van der Waals surface area contributed by atoms with Crippen molar-refractivity contribution >= 4 is 40.7 Å². The molecule has 0 radical (unpaired) electrons. The Labute approximate surface area is 202 Å². The van der Waals surface area contributed by atoms with Crippen molar-refractivity contribution in [2.45, 2.75) is 26.2 Å². The van der Waals surface area contributed by atoms with E-state index in [1.165, 1.54) is 0 Å². The van der Waals surface area contributed by atoms with Gasteiger partial charge in [-0.2, -0.15) is 0 Å². The molecule has 1 N–H and O–H groups in total. The number of halogens is 3. The van der Waals surface area contributed by atoms with Gasteiger partial charge < -0.3 is 14.8 Å². The number of aryl methyl sites for hydroxylation is 2. The first-order valence-corrected chi connectivity index (χ1v) is 11.5. The van der Waals surface area contributed by atoms with Crippen molar-refractivity contribution in [2.24, 2.45) is 0 Å². The Balaban J connectivity index is 1.40. The molecule has 0 saturated carbocycles. The lowest BCUT2D eigenvalue weighted by atomic mass is 10.1. The molecule has 0 spiro atoms. The van der Waals surface area contributed by atoms with Gasteiger partial charge >= 0.3 is 0 Å². The third kappa shape index (κ3) is 5.32. The number of carbonyl (C=O) groups excluding carboxylic acids is 1. The van der Waals surface area contributed by atoms with Crippen molar-refractivity contribution in [3.05, 3.63) is 85.9 Å². The largest absolute Gasteiger partial charge is 0.493 e. The summed E-state index contributed by atoms with van der Waals surface area (Å²) in [6.45, 7) is 3.03. The van der Waals surface area contributed by atoms with Crippen LogP contribution < -0.4 is 14.8 Å². The molecule has 166 valence electrons. The Kier molecular flexibility index (Phi) is 7.14. The number of carbonyl (C=O) groups is 1. The number of nitrogens with one attached hydrogen (secondary N) is 1. The van der Waals surface area contributed by atoms with Gasteiger partial charge in [-0.1, -0.05) is 40.9 Å². The predicted octanol–water partition coefficient (Wildman–Crippen LogP) is 7.05. The third-order valence-electron chi connectivity index (χ3n) is 5.33. The van der Waals surface area contributed by atoms with E-state index in [-0.39, 0.29) is 5.91 Å². The van der Waals surface area contributed by atoms with Crippen molar-refractivity contribution in [1.82, 2.24) is 5.32 Å². The van der Waals surface area contributed by atoms with Gasteiger partial charge in [-0.15, -0.1) is 0 Å². The fraction of sp³-hybridized carbons (Fsp3) is 0.240. The number of benzene rings is 3. The van der Waals surface area contributed by atoms with Gasteiger partial charge in [0.25, 0.3) is 5.91 Å². The maximum absolute atomic E-state index is 12.6. The van der Waals surface area contributed by atoms with Crippen LogP contribution in [0, 0.1) is 6.92 Å². The van der Waals surface area contributed by atoms with Crippen LogP contribution >= 0.6 is 34.8 Å². The molecule has 0 aliphatic carbocycles. The molecule has 1 amide bonds. The molecule has 0 aromatic heterocycles. The van der Waals surface area contributed by atoms with Crippen molar-refractivity contribution < 1.29 is 14.3 Å². The summed E-state index contributed by atoms with van der Waals surface area (Å²) in [5.74, 6) is 1.79. The summed E-state index contributed by atoms with van der Waals surface area (Å²) in [5.41, 5.74) is 3.41. The third-order valence-corrected chi connectivity index (χ3v) is 6.21. The van der Waals surface area contributed by atoms with E-state index in [4.69, 9.17) is 44.3 Å². The number of fused-ring (bicyclic) bond motifs is 1. The first-order valence-electron chi connectivity index (χ1n) is 10.4. The molecular formula is C25H22Cl3NO3. The Morgan fingerprint density at radius 3 is 2.69 bits per heavy atom. The van der Waals surface area contributed by atoms with Crippen LogP contribution in [0.3, 0.4) is 0 Å². The second-order valence-corrected chi connectivity index (χ2v) is 8.91. The van der Waals surface area contributed by atoms with E-state index in [0.29, 0.717) is 51.7 Å². The van der Waals surface area contributed by atoms with Crippen LogP contribution in [-0.4, -0.2) is 19.1 Å². The lowest BCUT2D eigenvalue weighted by molar-refractivity contribution is 0.0953. The van der Waals surface area contributed by atoms with Crippen LogP contribution in [0.25, 0.3) is 0 Å². The SMILES string of the molecule is Cc1cc(Oc2cc3c(cc2Cl)CCCO3)ccc1C(=O)NCCc1ccc(Cl)cc1Cl. The van der Waals surface area contributed by atoms with Gasteiger partial charge in [0.05, 0.1) is 11.6 Å². The first kappa shape index (κ1) is 22.8. The number of rotatable bonds is 6. The average molecular weight is 491 g/mol. The lowest BCUT2D eigenvalue weighted by Gasteiger charge is -2.19. The van der Waals surface area contributed by atoms with E-state index >= 15 is 0 Å². The van der Waals surface area contributed by atoms with Crippen molar-refractivity contribution in [2.75, 3.05) is 13.2 Å². The monoisotopic (exact) mass is 489 g/mol. The molecule has 1 aliphatic heterocycles. The van der Waals surface area contributed by atoms with Gasteiger partial charge in [0.1, 0.15) is 17.2 Å². The standard InChI is InChI=1S/C25H22Cl3NO3/c1-15-11-19(32-24-14-23-17(12-22(24)28)3-2-10-31-23)6-7-20(15)25(30)29-9-8-16-4-5-18(26)13-21(16)27/h4-7,11-14H,2-3,8-10H2,1H3,(H,29,30). The minimum atomic E-state index is -0.153. The highest BCUT2D eigenvalue weighted by Gasteiger charge is 2.16. The van der Waals surface area contributed by atoms with Gasteiger partial charge in [0.2, 0.25) is 0 Å². The smallest absolute Gasteiger partial charge is 0.251 e. The highest BCUT2D eigenvalue weighted by atomic mass is 35.5. The fourth-order valence-electron chi connectivity index (χ4n) is 3.64. The molecule has 0 saturated heterocycles. The van der Waals surface area contributed by atoms with E-state index < -0.39 is 0 Å². The quantitative estimate of drug-likeness (QED) is 0.403. The zero-order chi connectivity index (χ0) is 22.7. The lowest BCUT2D eigenvalue weighted by Crippen LogP contribution is -2.26. The molecule has 4 nitrogen and oxygen atoms in total. The number of hydrogen-bond donors (Lipinski definition) is 1. The van der Waals surface area contributed by atoms with Crippen LogP contribution in [0.15, 0.2) is 48.5 Å². The second kappa shape index (κ2) is 10.0. The molecule has 3 aromatic rings. The van der Waals surface area contributed by atoms with Crippen LogP contribution in [0.5, 0.6) is 17.2 Å². The second-order valence-electron chi connectivity index (χ2n) is 7.66. The van der Waals surface area contributed by atoms with Crippen LogP contribution in [0.4, 0.5) is 0 Å². The average Bonchev–Trinajstić information content (AvgIpc) is 2.76. The molecule has 4 rings (SSSR count). The highest BCUT2D eigenvalue weighted by molar-refractivity contribution is 6.35. The molecule has 7 heteroatoms. The van der Waals surface area contributed by atoms with E-state index in [2.05, 4.69) is 5.32 Å². The summed E-state index contributed by atoms with van der Waals surface area (Å²) in [7, 11) is 0. The zero-order valence-corrected chi connectivity index (χ0v) is 19.8. The molecule has 0 fully saturated rings. The minimum absolute atomic E-state index is 0.153. The summed E-state index contributed by atoms with van der Waals surface area (Å²) in [6, 6.07) is 14.4. The summed E-state index contributed by atoms with van der Waals surface area (Å²) in [5, 5.41) is 4.65. The molecular weight excluding hydrogens is 469 g/mol. The summed E-state index contributed by atoms with van der Waals surface area (Å²) in [4.78, 5) is 12.6. The van der Waals surface area contributed by atoms with E-state index in [1.807, 2.05) is 31.2 Å². The molecule has 3 aromatic carbocycles. The maximum Gasteiger partial charge on any atom is 0.251 e.